The molecule has 0 radical (unpaired) electrons. The molecule has 1 fully saturated rings. The van der Waals surface area contributed by atoms with Crippen molar-refractivity contribution in [3.05, 3.63) is 35.9 Å². The molecule has 1 atom stereocenters. The minimum atomic E-state index is -0.865. The summed E-state index contributed by atoms with van der Waals surface area (Å²) >= 11 is 0. The summed E-state index contributed by atoms with van der Waals surface area (Å²) in [5.74, 6) is -0.492. The van der Waals surface area contributed by atoms with Gasteiger partial charge in [0.05, 0.1) is 11.4 Å². The van der Waals surface area contributed by atoms with E-state index in [1.807, 2.05) is 30.1 Å². The Morgan fingerprint density at radius 3 is 3.05 bits per heavy atom. The summed E-state index contributed by atoms with van der Waals surface area (Å²) in [6, 6.07) is 3.99. The monoisotopic (exact) mass is 303 g/mol. The smallest absolute Gasteiger partial charge is 0.325 e. The molecule has 1 saturated heterocycles. The molecule has 0 unspecified atom stereocenters. The van der Waals surface area contributed by atoms with Crippen molar-refractivity contribution >= 4 is 5.97 Å². The Bertz CT molecular complexity index is 648. The molecule has 2 aromatic rings. The topological polar surface area (TPSA) is 76.2 Å². The zero-order valence-corrected chi connectivity index (χ0v) is 12.7. The normalized spacial score (nSPS) is 19.4. The maximum absolute atomic E-state index is 10.7. The Morgan fingerprint density at radius 1 is 1.45 bits per heavy atom. The van der Waals surface area contributed by atoms with Gasteiger partial charge in [0.2, 0.25) is 0 Å². The Morgan fingerprint density at radius 2 is 2.32 bits per heavy atom. The second-order valence-corrected chi connectivity index (χ2v) is 5.85. The molecule has 3 rings (SSSR count). The molecule has 0 saturated carbocycles. The van der Waals surface area contributed by atoms with Crippen LogP contribution in [0.15, 0.2) is 24.5 Å². The molecule has 7 nitrogen and oxygen atoms in total. The van der Waals surface area contributed by atoms with Crippen LogP contribution >= 0.6 is 0 Å². The predicted octanol–water partition coefficient (Wildman–Crippen LogP) is 1.08. The standard InChI is InChI=1S/C15H21N5O2/c1-18-13(4-6-16-18)10-19-7-2-3-12(9-19)14-5-8-20(17-14)11-15(21)22/h4-6,8,12H,2-3,7,9-11H2,1H3,(H,21,22)/t12-/m0/s1. The van der Waals surface area contributed by atoms with Gasteiger partial charge in [-0.3, -0.25) is 19.1 Å². The lowest BCUT2D eigenvalue weighted by atomic mass is 9.95. The summed E-state index contributed by atoms with van der Waals surface area (Å²) in [6.45, 7) is 2.85. The van der Waals surface area contributed by atoms with Crippen molar-refractivity contribution in [2.24, 2.45) is 7.05 Å². The maximum Gasteiger partial charge on any atom is 0.325 e. The van der Waals surface area contributed by atoms with E-state index in [0.29, 0.717) is 5.92 Å². The summed E-state index contributed by atoms with van der Waals surface area (Å²) in [4.78, 5) is 13.2. The van der Waals surface area contributed by atoms with Gasteiger partial charge < -0.3 is 5.11 Å². The number of aliphatic carboxylic acids is 1. The number of aryl methyl sites for hydroxylation is 1. The largest absolute Gasteiger partial charge is 0.480 e. The zero-order chi connectivity index (χ0) is 15.5. The zero-order valence-electron chi connectivity index (χ0n) is 12.7. The fraction of sp³-hybridized carbons (Fsp3) is 0.533. The summed E-state index contributed by atoms with van der Waals surface area (Å²) in [7, 11) is 1.96. The maximum atomic E-state index is 10.7. The first-order chi connectivity index (χ1) is 10.6. The average Bonchev–Trinajstić information content (AvgIpc) is 3.09. The highest BCUT2D eigenvalue weighted by Crippen LogP contribution is 2.26. The molecule has 7 heteroatoms. The lowest BCUT2D eigenvalue weighted by molar-refractivity contribution is -0.137. The van der Waals surface area contributed by atoms with Crippen LogP contribution in [0.3, 0.4) is 0 Å². The SMILES string of the molecule is Cn1nccc1CN1CCC[C@H](c2ccn(CC(=O)O)n2)C1. The molecule has 1 N–H and O–H groups in total. The number of piperidine rings is 1. The molecule has 1 aliphatic rings. The minimum Gasteiger partial charge on any atom is -0.480 e. The van der Waals surface area contributed by atoms with Crippen LogP contribution in [0.4, 0.5) is 0 Å². The van der Waals surface area contributed by atoms with E-state index in [1.54, 1.807) is 6.20 Å². The van der Waals surface area contributed by atoms with Crippen LogP contribution in [0.2, 0.25) is 0 Å². The van der Waals surface area contributed by atoms with Crippen LogP contribution < -0.4 is 0 Å². The van der Waals surface area contributed by atoms with E-state index in [0.717, 1.165) is 38.2 Å². The van der Waals surface area contributed by atoms with Crippen molar-refractivity contribution in [1.82, 2.24) is 24.5 Å². The van der Waals surface area contributed by atoms with E-state index in [-0.39, 0.29) is 6.54 Å². The summed E-state index contributed by atoms with van der Waals surface area (Å²) in [6.07, 6.45) is 5.81. The van der Waals surface area contributed by atoms with Gasteiger partial charge in [-0.1, -0.05) is 0 Å². The van der Waals surface area contributed by atoms with Crippen molar-refractivity contribution in [1.29, 1.82) is 0 Å². The quantitative estimate of drug-likeness (QED) is 0.894. The number of rotatable bonds is 5. The van der Waals surface area contributed by atoms with Crippen LogP contribution in [0.25, 0.3) is 0 Å². The number of aromatic nitrogens is 4. The van der Waals surface area contributed by atoms with Crippen LogP contribution in [0.5, 0.6) is 0 Å². The molecule has 3 heterocycles. The van der Waals surface area contributed by atoms with Gasteiger partial charge in [-0.15, -0.1) is 0 Å². The highest BCUT2D eigenvalue weighted by Gasteiger charge is 2.23. The van der Waals surface area contributed by atoms with Gasteiger partial charge in [-0.05, 0) is 31.5 Å². The summed E-state index contributed by atoms with van der Waals surface area (Å²) < 4.78 is 3.41. The van der Waals surface area contributed by atoms with E-state index in [1.165, 1.54) is 10.4 Å². The van der Waals surface area contributed by atoms with E-state index < -0.39 is 5.97 Å². The molecule has 0 amide bonds. The molecular formula is C15H21N5O2. The minimum absolute atomic E-state index is 0.0779. The third-order valence-electron chi connectivity index (χ3n) is 4.19. The van der Waals surface area contributed by atoms with Gasteiger partial charge in [0.15, 0.2) is 0 Å². The van der Waals surface area contributed by atoms with E-state index >= 15 is 0 Å². The Kier molecular flexibility index (Phi) is 4.24. The van der Waals surface area contributed by atoms with E-state index in [4.69, 9.17) is 5.11 Å². The molecule has 0 bridgehead atoms. The van der Waals surface area contributed by atoms with Gasteiger partial charge in [0.25, 0.3) is 0 Å². The van der Waals surface area contributed by atoms with Crippen molar-refractivity contribution in [2.75, 3.05) is 13.1 Å². The lowest BCUT2D eigenvalue weighted by Gasteiger charge is -2.31. The van der Waals surface area contributed by atoms with Gasteiger partial charge in [-0.2, -0.15) is 10.2 Å². The van der Waals surface area contributed by atoms with Gasteiger partial charge >= 0.3 is 5.97 Å². The molecule has 0 aromatic carbocycles. The third-order valence-corrected chi connectivity index (χ3v) is 4.19. The summed E-state index contributed by atoms with van der Waals surface area (Å²) in [5.41, 5.74) is 2.20. The number of nitrogens with zero attached hydrogens (tertiary/aromatic N) is 5. The highest BCUT2D eigenvalue weighted by molar-refractivity contribution is 5.66. The van der Waals surface area contributed by atoms with E-state index in [9.17, 15) is 4.79 Å². The molecule has 0 spiro atoms. The molecule has 22 heavy (non-hydrogen) atoms. The highest BCUT2D eigenvalue weighted by atomic mass is 16.4. The Balaban J connectivity index is 1.64. The van der Waals surface area contributed by atoms with Crippen molar-refractivity contribution < 1.29 is 9.90 Å². The Labute approximate surface area is 129 Å². The molecule has 1 aliphatic heterocycles. The number of hydrogen-bond acceptors (Lipinski definition) is 4. The van der Waals surface area contributed by atoms with Crippen molar-refractivity contribution in [2.45, 2.75) is 31.8 Å². The molecular weight excluding hydrogens is 282 g/mol. The number of carboxylic acids is 1. The predicted molar refractivity (Wildman–Crippen MR) is 80.3 cm³/mol. The van der Waals surface area contributed by atoms with Crippen molar-refractivity contribution in [3.8, 4) is 0 Å². The fourth-order valence-electron chi connectivity index (χ4n) is 3.05. The second kappa shape index (κ2) is 6.31. The molecule has 2 aromatic heterocycles. The second-order valence-electron chi connectivity index (χ2n) is 5.85. The first-order valence-electron chi connectivity index (χ1n) is 7.56. The van der Waals surface area contributed by atoms with Crippen LogP contribution in [-0.4, -0.2) is 48.6 Å². The van der Waals surface area contributed by atoms with Gasteiger partial charge in [-0.25, -0.2) is 0 Å². The molecule has 118 valence electrons. The first kappa shape index (κ1) is 14.8. The number of likely N-dealkylation sites (tertiary alicyclic amines) is 1. The van der Waals surface area contributed by atoms with E-state index in [2.05, 4.69) is 15.1 Å². The first-order valence-corrected chi connectivity index (χ1v) is 7.56. The average molecular weight is 303 g/mol. The van der Waals surface area contributed by atoms with Crippen molar-refractivity contribution in [3.63, 3.8) is 0 Å². The molecule has 0 aliphatic carbocycles. The van der Waals surface area contributed by atoms with Crippen LogP contribution in [0.1, 0.15) is 30.1 Å². The van der Waals surface area contributed by atoms with Gasteiger partial charge in [0.1, 0.15) is 6.54 Å². The number of hydrogen-bond donors (Lipinski definition) is 1. The Hall–Kier alpha value is -2.15. The van der Waals surface area contributed by atoms with Crippen LogP contribution in [0, 0.1) is 0 Å². The van der Waals surface area contributed by atoms with Crippen LogP contribution in [-0.2, 0) is 24.9 Å². The lowest BCUT2D eigenvalue weighted by Crippen LogP contribution is -2.34. The summed E-state index contributed by atoms with van der Waals surface area (Å²) in [5, 5.41) is 17.4. The fourth-order valence-corrected chi connectivity index (χ4v) is 3.05. The number of carboxylic acid groups (broad SMARTS) is 1. The number of carbonyl (C=O) groups is 1. The van der Waals surface area contributed by atoms with Gasteiger partial charge in [0, 0.05) is 38.4 Å². The third kappa shape index (κ3) is 3.36.